The van der Waals surface area contributed by atoms with Crippen molar-refractivity contribution in [3.8, 4) is 0 Å². The topological polar surface area (TPSA) is 74.6 Å². The van der Waals surface area contributed by atoms with Crippen LogP contribution in [0.15, 0.2) is 54.6 Å². The number of benzene rings is 1. The zero-order valence-corrected chi connectivity index (χ0v) is 16.2. The SMILES string of the molecule is C/C=C\CCCC(=O)O.O=C1CCC(/C=C/C(O)CCc2ccccc2)C1. The van der Waals surface area contributed by atoms with E-state index in [1.165, 1.54) is 5.56 Å². The third-order valence-corrected chi connectivity index (χ3v) is 4.46. The fourth-order valence-electron chi connectivity index (χ4n) is 2.89. The number of carboxylic acids is 1. The Balaban J connectivity index is 0.000000345. The molecule has 0 spiro atoms. The maximum atomic E-state index is 11.1. The molecule has 1 fully saturated rings. The number of allylic oxidation sites excluding steroid dienone is 3. The molecule has 148 valence electrons. The molecule has 0 aromatic heterocycles. The summed E-state index contributed by atoms with van der Waals surface area (Å²) >= 11 is 0. The summed E-state index contributed by atoms with van der Waals surface area (Å²) < 4.78 is 0. The van der Waals surface area contributed by atoms with Crippen molar-refractivity contribution in [2.24, 2.45) is 5.92 Å². The lowest BCUT2D eigenvalue weighted by molar-refractivity contribution is -0.137. The Bertz CT molecular complexity index is 604. The number of ketones is 1. The fraction of sp³-hybridized carbons (Fsp3) is 0.478. The Morgan fingerprint density at radius 3 is 2.63 bits per heavy atom. The molecular formula is C23H32O4. The molecule has 2 N–H and O–H groups in total. The van der Waals surface area contributed by atoms with Gasteiger partial charge < -0.3 is 10.2 Å². The number of aryl methyl sites for hydroxylation is 1. The third-order valence-electron chi connectivity index (χ3n) is 4.46. The zero-order chi connectivity index (χ0) is 19.9. The van der Waals surface area contributed by atoms with Gasteiger partial charge in [-0.05, 0) is 50.5 Å². The Kier molecular flexibility index (Phi) is 11.8. The van der Waals surface area contributed by atoms with Crippen LogP contribution in [0.1, 0.15) is 57.4 Å². The van der Waals surface area contributed by atoms with Gasteiger partial charge in [0.25, 0.3) is 0 Å². The Labute approximate surface area is 162 Å². The molecule has 0 heterocycles. The van der Waals surface area contributed by atoms with E-state index in [0.29, 0.717) is 24.5 Å². The molecule has 4 heteroatoms. The predicted octanol–water partition coefficient (Wildman–Crippen LogP) is 4.72. The average Bonchev–Trinajstić information content (AvgIpc) is 3.08. The van der Waals surface area contributed by atoms with Crippen LogP contribution in [-0.2, 0) is 16.0 Å². The Morgan fingerprint density at radius 1 is 1.30 bits per heavy atom. The van der Waals surface area contributed by atoms with Crippen LogP contribution in [0.4, 0.5) is 0 Å². The second-order valence-corrected chi connectivity index (χ2v) is 6.87. The fourth-order valence-corrected chi connectivity index (χ4v) is 2.89. The number of aliphatic hydroxyl groups is 1. The lowest BCUT2D eigenvalue weighted by atomic mass is 10.0. The number of rotatable bonds is 9. The number of aliphatic carboxylic acids is 1. The van der Waals surface area contributed by atoms with Crippen LogP contribution >= 0.6 is 0 Å². The van der Waals surface area contributed by atoms with Crippen LogP contribution in [-0.4, -0.2) is 28.1 Å². The molecular weight excluding hydrogens is 340 g/mol. The molecule has 2 atom stereocenters. The molecule has 2 rings (SSSR count). The van der Waals surface area contributed by atoms with Gasteiger partial charge in [-0.15, -0.1) is 0 Å². The largest absolute Gasteiger partial charge is 0.481 e. The molecule has 1 saturated carbocycles. The van der Waals surface area contributed by atoms with Gasteiger partial charge >= 0.3 is 5.97 Å². The summed E-state index contributed by atoms with van der Waals surface area (Å²) in [6, 6.07) is 10.2. The summed E-state index contributed by atoms with van der Waals surface area (Å²) in [5, 5.41) is 18.1. The van der Waals surface area contributed by atoms with Crippen molar-refractivity contribution >= 4 is 11.8 Å². The van der Waals surface area contributed by atoms with Crippen LogP contribution in [0.5, 0.6) is 0 Å². The highest BCUT2D eigenvalue weighted by molar-refractivity contribution is 5.80. The summed E-state index contributed by atoms with van der Waals surface area (Å²) in [6.07, 6.45) is 13.2. The minimum absolute atomic E-state index is 0.282. The quantitative estimate of drug-likeness (QED) is 0.486. The third kappa shape index (κ3) is 11.9. The number of unbranched alkanes of at least 4 members (excludes halogenated alkanes) is 1. The maximum Gasteiger partial charge on any atom is 0.303 e. The van der Waals surface area contributed by atoms with Crippen molar-refractivity contribution < 1.29 is 19.8 Å². The van der Waals surface area contributed by atoms with E-state index in [1.54, 1.807) is 0 Å². The minimum atomic E-state index is -0.709. The lowest BCUT2D eigenvalue weighted by Crippen LogP contribution is -2.05. The molecule has 0 saturated heterocycles. The number of carbonyl (C=O) groups is 2. The van der Waals surface area contributed by atoms with E-state index < -0.39 is 12.1 Å². The summed E-state index contributed by atoms with van der Waals surface area (Å²) in [7, 11) is 0. The lowest BCUT2D eigenvalue weighted by Gasteiger charge is -2.07. The zero-order valence-electron chi connectivity index (χ0n) is 16.2. The number of aliphatic hydroxyl groups excluding tert-OH is 1. The Morgan fingerprint density at radius 2 is 2.04 bits per heavy atom. The van der Waals surface area contributed by atoms with Crippen molar-refractivity contribution in [3.05, 3.63) is 60.2 Å². The molecule has 1 aromatic rings. The minimum Gasteiger partial charge on any atom is -0.481 e. The van der Waals surface area contributed by atoms with Gasteiger partial charge in [0, 0.05) is 19.3 Å². The van der Waals surface area contributed by atoms with E-state index in [0.717, 1.165) is 32.1 Å². The standard InChI is InChI=1S/C16H20O2.C7H12O2/c17-15(9-6-13-4-2-1-3-5-13)10-7-14-8-11-16(18)12-14;1-2-3-4-5-6-7(8)9/h1-5,7,10,14-15,17H,6,8-9,11-12H2;2-3H,4-6H2,1H3,(H,8,9)/b10-7+;3-2-. The normalized spacial score (nSPS) is 17.9. The molecule has 0 bridgehead atoms. The molecule has 4 nitrogen and oxygen atoms in total. The van der Waals surface area contributed by atoms with Gasteiger partial charge in [0.2, 0.25) is 0 Å². The van der Waals surface area contributed by atoms with Crippen LogP contribution in [0.2, 0.25) is 0 Å². The number of carboxylic acid groups (broad SMARTS) is 1. The molecule has 1 aliphatic rings. The summed E-state index contributed by atoms with van der Waals surface area (Å²) in [4.78, 5) is 21.1. The van der Waals surface area contributed by atoms with E-state index >= 15 is 0 Å². The van der Waals surface area contributed by atoms with E-state index in [-0.39, 0.29) is 6.42 Å². The van der Waals surface area contributed by atoms with E-state index in [9.17, 15) is 14.7 Å². The number of hydrogen-bond acceptors (Lipinski definition) is 3. The Hall–Kier alpha value is -2.20. The van der Waals surface area contributed by atoms with Crippen molar-refractivity contribution in [2.45, 2.75) is 64.4 Å². The van der Waals surface area contributed by atoms with Crippen LogP contribution in [0, 0.1) is 5.92 Å². The van der Waals surface area contributed by atoms with Crippen LogP contribution in [0.25, 0.3) is 0 Å². The number of carbonyl (C=O) groups excluding carboxylic acids is 1. The average molecular weight is 373 g/mol. The first-order valence-corrected chi connectivity index (χ1v) is 9.76. The molecule has 1 aromatic carbocycles. The summed E-state index contributed by atoms with van der Waals surface area (Å²) in [5.41, 5.74) is 1.25. The van der Waals surface area contributed by atoms with Gasteiger partial charge in [-0.2, -0.15) is 0 Å². The highest BCUT2D eigenvalue weighted by Crippen LogP contribution is 2.23. The van der Waals surface area contributed by atoms with E-state index in [1.807, 2.05) is 49.4 Å². The highest BCUT2D eigenvalue weighted by atomic mass is 16.4. The van der Waals surface area contributed by atoms with Crippen molar-refractivity contribution in [1.82, 2.24) is 0 Å². The first kappa shape index (κ1) is 22.8. The molecule has 0 aliphatic heterocycles. The number of hydrogen-bond donors (Lipinski definition) is 2. The first-order chi connectivity index (χ1) is 13.0. The highest BCUT2D eigenvalue weighted by Gasteiger charge is 2.19. The van der Waals surface area contributed by atoms with Gasteiger partial charge in [-0.1, -0.05) is 54.6 Å². The van der Waals surface area contributed by atoms with Crippen LogP contribution in [0.3, 0.4) is 0 Å². The van der Waals surface area contributed by atoms with Crippen molar-refractivity contribution in [1.29, 1.82) is 0 Å². The molecule has 0 radical (unpaired) electrons. The van der Waals surface area contributed by atoms with Crippen molar-refractivity contribution in [3.63, 3.8) is 0 Å². The predicted molar refractivity (Wildman–Crippen MR) is 109 cm³/mol. The second kappa shape index (κ2) is 13.9. The first-order valence-electron chi connectivity index (χ1n) is 9.76. The smallest absolute Gasteiger partial charge is 0.303 e. The van der Waals surface area contributed by atoms with Crippen molar-refractivity contribution in [2.75, 3.05) is 0 Å². The maximum absolute atomic E-state index is 11.1. The monoisotopic (exact) mass is 372 g/mol. The van der Waals surface area contributed by atoms with Gasteiger partial charge in [0.05, 0.1) is 6.10 Å². The molecule has 0 amide bonds. The van der Waals surface area contributed by atoms with E-state index in [4.69, 9.17) is 5.11 Å². The van der Waals surface area contributed by atoms with E-state index in [2.05, 4.69) is 12.1 Å². The van der Waals surface area contributed by atoms with Gasteiger partial charge in [0.1, 0.15) is 5.78 Å². The van der Waals surface area contributed by atoms with Gasteiger partial charge in [-0.25, -0.2) is 0 Å². The van der Waals surface area contributed by atoms with Crippen LogP contribution < -0.4 is 0 Å². The summed E-state index contributed by atoms with van der Waals surface area (Å²) in [6.45, 7) is 1.93. The summed E-state index contributed by atoms with van der Waals surface area (Å²) in [5.74, 6) is -0.00759. The second-order valence-electron chi connectivity index (χ2n) is 6.87. The molecule has 2 unspecified atom stereocenters. The van der Waals surface area contributed by atoms with Gasteiger partial charge in [-0.3, -0.25) is 9.59 Å². The molecule has 27 heavy (non-hydrogen) atoms. The number of Topliss-reactive ketones (excluding diaryl/α,β-unsaturated/α-hetero) is 1. The van der Waals surface area contributed by atoms with Gasteiger partial charge in [0.15, 0.2) is 0 Å². The molecule has 1 aliphatic carbocycles.